The van der Waals surface area contributed by atoms with E-state index in [0.29, 0.717) is 0 Å². The third-order valence-electron chi connectivity index (χ3n) is 13.9. The molecule has 9 rings (SSSR count). The summed E-state index contributed by atoms with van der Waals surface area (Å²) in [6.07, 6.45) is 3.89. The Hall–Kier alpha value is -12.8. The zero-order chi connectivity index (χ0) is 69.6. The molecule has 0 radical (unpaired) electrons. The van der Waals surface area contributed by atoms with Gasteiger partial charge in [-0.2, -0.15) is 0 Å². The number of hydrogen-bond donors (Lipinski definition) is 7. The van der Waals surface area contributed by atoms with Gasteiger partial charge >= 0.3 is 30.3 Å². The summed E-state index contributed by atoms with van der Waals surface area (Å²) in [5, 5.41) is 25.3. The molecule has 36 heteroatoms. The lowest BCUT2D eigenvalue weighted by atomic mass is 10.2. The van der Waals surface area contributed by atoms with Crippen LogP contribution in [0.3, 0.4) is 0 Å². The van der Waals surface area contributed by atoms with Crippen molar-refractivity contribution in [3.05, 3.63) is 146 Å². The number of nitrogens with one attached hydrogen (secondary N) is 6. The number of amides is 9. The lowest BCUT2D eigenvalue weighted by Gasteiger charge is -2.25. The van der Waals surface area contributed by atoms with Crippen molar-refractivity contribution in [2.75, 3.05) is 74.9 Å². The maximum absolute atomic E-state index is 14.4. The predicted octanol–water partition coefficient (Wildman–Crippen LogP) is 3.08. The SMILES string of the molecule is CC(C)(C)OC(=O)NCCN(CC(=O)NCCN(CC(=O)NCCN(CC(=O)O)C(=O)Cn1cnc2c(NC(=O)OCc3ccccc3)ncnc21)C(=O)Cn1cnc2c(NC(=O)OCc3ccccc3)ncnc21)C(=O)Cn1cnc2c(NC(=O)OCc3ccccc3)ncnc21. The molecule has 36 nitrogen and oxygen atoms in total. The Kier molecular flexibility index (Phi) is 23.7. The lowest BCUT2D eigenvalue weighted by Crippen LogP contribution is -2.49. The fourth-order valence-corrected chi connectivity index (χ4v) is 9.33. The van der Waals surface area contributed by atoms with Gasteiger partial charge in [0.15, 0.2) is 50.9 Å². The number of aliphatic carboxylic acids is 1. The minimum atomic E-state index is -1.37. The third kappa shape index (κ3) is 20.4. The highest BCUT2D eigenvalue weighted by molar-refractivity contribution is 5.96. The van der Waals surface area contributed by atoms with Gasteiger partial charge in [-0.25, -0.2) is 64.0 Å². The second-order valence-electron chi connectivity index (χ2n) is 22.3. The monoisotopic (exact) mass is 1350 g/mol. The molecule has 0 aliphatic carbocycles. The van der Waals surface area contributed by atoms with Crippen LogP contribution in [0.1, 0.15) is 37.5 Å². The number of ether oxygens (including phenoxy) is 4. The largest absolute Gasteiger partial charge is 0.480 e. The Bertz CT molecular complexity index is 4320. The van der Waals surface area contributed by atoms with Gasteiger partial charge in [-0.3, -0.25) is 44.7 Å². The number of benzene rings is 3. The summed E-state index contributed by atoms with van der Waals surface area (Å²) in [6, 6.07) is 26.8. The molecule has 0 saturated carbocycles. The number of fused-ring (bicyclic) bond motifs is 3. The fourth-order valence-electron chi connectivity index (χ4n) is 9.33. The summed E-state index contributed by atoms with van der Waals surface area (Å²) in [5.74, 6) is -5.05. The number of anilines is 3. The van der Waals surface area contributed by atoms with E-state index in [-0.39, 0.29) is 110 Å². The van der Waals surface area contributed by atoms with Crippen molar-refractivity contribution >= 4 is 111 Å². The molecule has 9 aromatic rings. The van der Waals surface area contributed by atoms with Crippen LogP contribution in [0.5, 0.6) is 0 Å². The van der Waals surface area contributed by atoms with E-state index in [4.69, 9.17) is 18.9 Å². The van der Waals surface area contributed by atoms with Crippen LogP contribution in [-0.2, 0) is 87.2 Å². The van der Waals surface area contributed by atoms with Crippen molar-refractivity contribution in [1.82, 2.24) is 89.2 Å². The number of rotatable bonds is 30. The number of hydrogen-bond acceptors (Lipinski definition) is 23. The van der Waals surface area contributed by atoms with Gasteiger partial charge in [0, 0.05) is 39.3 Å². The minimum Gasteiger partial charge on any atom is -0.480 e. The van der Waals surface area contributed by atoms with E-state index in [2.05, 4.69) is 76.8 Å². The van der Waals surface area contributed by atoms with Crippen molar-refractivity contribution in [1.29, 1.82) is 0 Å². The molecular weight excluding hydrogens is 1280 g/mol. The topological polar surface area (TPSA) is 441 Å². The molecule has 510 valence electrons. The van der Waals surface area contributed by atoms with Gasteiger partial charge in [-0.05, 0) is 37.5 Å². The summed E-state index contributed by atoms with van der Waals surface area (Å²) in [4.78, 5) is 174. The Balaban J connectivity index is 0.858. The molecule has 0 bridgehead atoms. The number of nitrogens with zero attached hydrogens (tertiary/aromatic N) is 15. The van der Waals surface area contributed by atoms with Gasteiger partial charge in [0.1, 0.15) is 70.6 Å². The highest BCUT2D eigenvalue weighted by atomic mass is 16.6. The number of carbonyl (C=O) groups excluding carboxylic acids is 9. The summed E-state index contributed by atoms with van der Waals surface area (Å²) in [6.45, 7) is -0.255. The summed E-state index contributed by atoms with van der Waals surface area (Å²) in [5.41, 5.74) is 1.99. The predicted molar refractivity (Wildman–Crippen MR) is 344 cm³/mol. The molecule has 98 heavy (non-hydrogen) atoms. The van der Waals surface area contributed by atoms with Crippen LogP contribution in [0.25, 0.3) is 33.5 Å². The van der Waals surface area contributed by atoms with Crippen molar-refractivity contribution in [3.8, 4) is 0 Å². The van der Waals surface area contributed by atoms with Crippen LogP contribution in [0.4, 0.5) is 36.6 Å². The smallest absolute Gasteiger partial charge is 0.413 e. The van der Waals surface area contributed by atoms with Gasteiger partial charge in [0.2, 0.25) is 29.5 Å². The van der Waals surface area contributed by atoms with Crippen LogP contribution >= 0.6 is 0 Å². The molecule has 7 N–H and O–H groups in total. The zero-order valence-electron chi connectivity index (χ0n) is 53.1. The van der Waals surface area contributed by atoms with Gasteiger partial charge in [-0.15, -0.1) is 0 Å². The number of carboxylic acid groups (broad SMARTS) is 1. The molecule has 0 fully saturated rings. The molecule has 3 aromatic carbocycles. The van der Waals surface area contributed by atoms with Crippen LogP contribution in [0.15, 0.2) is 129 Å². The average Bonchev–Trinajstić information content (AvgIpc) is 1.66. The van der Waals surface area contributed by atoms with Crippen molar-refractivity contribution in [2.45, 2.75) is 65.8 Å². The van der Waals surface area contributed by atoms with E-state index < -0.39 is 105 Å². The van der Waals surface area contributed by atoms with Gasteiger partial charge in [-0.1, -0.05) is 91.0 Å². The van der Waals surface area contributed by atoms with E-state index in [0.717, 1.165) is 50.4 Å². The average molecular weight is 1350 g/mol. The normalized spacial score (nSPS) is 11.1. The molecule has 6 heterocycles. The van der Waals surface area contributed by atoms with Crippen LogP contribution in [0.2, 0.25) is 0 Å². The summed E-state index contributed by atoms with van der Waals surface area (Å²) in [7, 11) is 0. The number of carboxylic acids is 1. The van der Waals surface area contributed by atoms with Gasteiger partial charge in [0.05, 0.1) is 32.1 Å². The first-order valence-electron chi connectivity index (χ1n) is 30.2. The molecule has 0 aliphatic heterocycles. The Morgan fingerprint density at radius 3 is 1.05 bits per heavy atom. The van der Waals surface area contributed by atoms with E-state index in [1.165, 1.54) is 32.7 Å². The first kappa shape index (κ1) is 69.5. The third-order valence-corrected chi connectivity index (χ3v) is 13.9. The molecule has 9 amide bonds. The number of carbonyl (C=O) groups is 10. The second kappa shape index (κ2) is 33.4. The van der Waals surface area contributed by atoms with E-state index in [9.17, 15) is 53.1 Å². The van der Waals surface area contributed by atoms with Crippen molar-refractivity contribution < 1.29 is 72.0 Å². The van der Waals surface area contributed by atoms with E-state index >= 15 is 0 Å². The molecule has 0 atom stereocenters. The lowest BCUT2D eigenvalue weighted by molar-refractivity contribution is -0.144. The van der Waals surface area contributed by atoms with Crippen molar-refractivity contribution in [2.24, 2.45) is 0 Å². The maximum atomic E-state index is 14.4. The maximum Gasteiger partial charge on any atom is 0.413 e. The fraction of sp³-hybridized carbons (Fsp3) is 0.306. The number of alkyl carbamates (subject to hydrolysis) is 1. The van der Waals surface area contributed by atoms with Crippen LogP contribution < -0.4 is 31.9 Å². The standard InChI is InChI=1S/C62H67N21O15/c1-62(2,3)98-58(91)65-21-24-79(46(87)28-82-38-73-50-53(67-35-70-56(50)82)76-60(93)96-32-41-15-9-5-10-16-41)26-44(85)63-19-22-78(45(86)27-81-37-72-49-52(66-34-69-55(49)81)75-59(92)95-31-40-13-7-4-8-14-40)25-43(84)64-20-23-80(30-48(89)90)47(88)29-83-39-74-51-54(68-36-71-57(51)83)77-61(94)97-33-42-17-11-6-12-18-42/h4-18,34-39H,19-33H2,1-3H3,(H,63,85)(H,64,84)(H,65,91)(H,89,90)(H,66,69,75,92)(H,67,70,76,93)(H,68,71,77,94). The first-order chi connectivity index (χ1) is 47.2. The van der Waals surface area contributed by atoms with Crippen LogP contribution in [0, 0.1) is 0 Å². The molecule has 0 saturated heterocycles. The molecule has 6 aromatic heterocycles. The quantitative estimate of drug-likeness (QED) is 0.0318. The van der Waals surface area contributed by atoms with Crippen molar-refractivity contribution in [3.63, 3.8) is 0 Å². The van der Waals surface area contributed by atoms with E-state index in [1.54, 1.807) is 93.6 Å². The zero-order valence-corrected chi connectivity index (χ0v) is 53.1. The highest BCUT2D eigenvalue weighted by Gasteiger charge is 2.26. The second-order valence-corrected chi connectivity index (χ2v) is 22.3. The molecule has 0 aliphatic rings. The van der Waals surface area contributed by atoms with Crippen LogP contribution in [-0.4, -0.2) is 203 Å². The minimum absolute atomic E-state index is 0.00974. The van der Waals surface area contributed by atoms with E-state index in [1.807, 2.05) is 18.2 Å². The highest BCUT2D eigenvalue weighted by Crippen LogP contribution is 2.22. The summed E-state index contributed by atoms with van der Waals surface area (Å²) < 4.78 is 25.3. The summed E-state index contributed by atoms with van der Waals surface area (Å²) >= 11 is 0. The van der Waals surface area contributed by atoms with Gasteiger partial charge in [0.25, 0.3) is 0 Å². The Labute approximate surface area is 556 Å². The number of aromatic nitrogens is 12. The van der Waals surface area contributed by atoms with Gasteiger partial charge < -0.3 is 68.4 Å². The Morgan fingerprint density at radius 1 is 0.418 bits per heavy atom. The molecular formula is C62H67N21O15. The molecule has 0 unspecified atom stereocenters. The molecule has 0 spiro atoms. The number of imidazole rings is 3. The first-order valence-corrected chi connectivity index (χ1v) is 30.2. The Morgan fingerprint density at radius 2 is 0.735 bits per heavy atom.